The highest BCUT2D eigenvalue weighted by molar-refractivity contribution is 6.29. The predicted octanol–water partition coefficient (Wildman–Crippen LogP) is 4.66. The molecule has 0 N–H and O–H groups in total. The van der Waals surface area contributed by atoms with Gasteiger partial charge in [-0.25, -0.2) is 18.7 Å². The van der Waals surface area contributed by atoms with Crippen LogP contribution >= 0.6 is 11.6 Å². The largest absolute Gasteiger partial charge is 0.237 e. The highest BCUT2D eigenvalue weighted by Gasteiger charge is 2.20. The molecule has 1 fully saturated rings. The van der Waals surface area contributed by atoms with Crippen molar-refractivity contribution in [3.8, 4) is 0 Å². The number of benzene rings is 1. The van der Waals surface area contributed by atoms with Gasteiger partial charge in [-0.1, -0.05) is 30.5 Å². The normalized spacial score (nSPS) is 15.6. The van der Waals surface area contributed by atoms with E-state index in [1.54, 1.807) is 6.07 Å². The van der Waals surface area contributed by atoms with Crippen molar-refractivity contribution in [3.05, 3.63) is 58.1 Å². The van der Waals surface area contributed by atoms with Crippen LogP contribution < -0.4 is 0 Å². The van der Waals surface area contributed by atoms with E-state index >= 15 is 0 Å². The van der Waals surface area contributed by atoms with E-state index < -0.39 is 11.6 Å². The summed E-state index contributed by atoms with van der Waals surface area (Å²) in [6.45, 7) is 0. The van der Waals surface area contributed by atoms with Crippen LogP contribution in [0.15, 0.2) is 24.3 Å². The predicted molar refractivity (Wildman–Crippen MR) is 77.4 cm³/mol. The first-order valence-corrected chi connectivity index (χ1v) is 7.47. The van der Waals surface area contributed by atoms with Gasteiger partial charge in [0.2, 0.25) is 0 Å². The van der Waals surface area contributed by atoms with Crippen molar-refractivity contribution in [2.24, 2.45) is 0 Å². The van der Waals surface area contributed by atoms with Gasteiger partial charge >= 0.3 is 0 Å². The molecule has 0 bridgehead atoms. The molecule has 5 heteroatoms. The standard InChI is InChI=1S/C16H15ClF2N2/c17-15-9-14(10-3-1-2-4-10)20-16(21-15)7-11-5-6-12(18)8-13(11)19/h5-6,8-10H,1-4,7H2. The minimum Gasteiger partial charge on any atom is -0.237 e. The van der Waals surface area contributed by atoms with Gasteiger partial charge in [-0.05, 0) is 30.5 Å². The van der Waals surface area contributed by atoms with E-state index in [2.05, 4.69) is 9.97 Å². The summed E-state index contributed by atoms with van der Waals surface area (Å²) >= 11 is 6.05. The van der Waals surface area contributed by atoms with E-state index in [4.69, 9.17) is 11.6 Å². The van der Waals surface area contributed by atoms with Crippen LogP contribution in [0.5, 0.6) is 0 Å². The summed E-state index contributed by atoms with van der Waals surface area (Å²) in [5.74, 6) is -0.270. The van der Waals surface area contributed by atoms with Crippen LogP contribution in [0.25, 0.3) is 0 Å². The molecule has 1 heterocycles. The molecule has 110 valence electrons. The van der Waals surface area contributed by atoms with E-state index in [0.29, 0.717) is 22.5 Å². The third kappa shape index (κ3) is 3.38. The minimum atomic E-state index is -0.588. The van der Waals surface area contributed by atoms with Gasteiger partial charge in [0, 0.05) is 24.1 Å². The van der Waals surface area contributed by atoms with Crippen LogP contribution in [0.3, 0.4) is 0 Å². The van der Waals surface area contributed by atoms with Crippen molar-refractivity contribution in [2.45, 2.75) is 38.0 Å². The molecular formula is C16H15ClF2N2. The van der Waals surface area contributed by atoms with Crippen LogP contribution in [0.2, 0.25) is 5.15 Å². The van der Waals surface area contributed by atoms with E-state index in [1.165, 1.54) is 25.0 Å². The van der Waals surface area contributed by atoms with Crippen molar-refractivity contribution in [1.29, 1.82) is 0 Å². The first-order valence-electron chi connectivity index (χ1n) is 7.09. The van der Waals surface area contributed by atoms with E-state index in [-0.39, 0.29) is 6.42 Å². The fourth-order valence-corrected chi connectivity index (χ4v) is 3.04. The Balaban J connectivity index is 1.87. The molecule has 0 amide bonds. The van der Waals surface area contributed by atoms with Gasteiger partial charge in [0.05, 0.1) is 0 Å². The molecule has 21 heavy (non-hydrogen) atoms. The maximum absolute atomic E-state index is 13.7. The Hall–Kier alpha value is -1.55. The molecule has 1 saturated carbocycles. The van der Waals surface area contributed by atoms with Crippen LogP contribution in [0, 0.1) is 11.6 Å². The second kappa shape index (κ2) is 6.06. The average Bonchev–Trinajstić information content (AvgIpc) is 2.95. The molecule has 2 aromatic rings. The molecule has 2 nitrogen and oxygen atoms in total. The lowest BCUT2D eigenvalue weighted by Crippen LogP contribution is -2.05. The summed E-state index contributed by atoms with van der Waals surface area (Å²) in [7, 11) is 0. The Labute approximate surface area is 127 Å². The Morgan fingerprint density at radius 1 is 1.10 bits per heavy atom. The van der Waals surface area contributed by atoms with Crippen LogP contribution in [-0.4, -0.2) is 9.97 Å². The summed E-state index contributed by atoms with van der Waals surface area (Å²) in [5.41, 5.74) is 1.31. The zero-order valence-corrected chi connectivity index (χ0v) is 12.2. The second-order valence-corrected chi connectivity index (χ2v) is 5.81. The topological polar surface area (TPSA) is 25.8 Å². The van der Waals surface area contributed by atoms with Crippen molar-refractivity contribution in [1.82, 2.24) is 9.97 Å². The molecule has 0 unspecified atom stereocenters. The van der Waals surface area contributed by atoms with Gasteiger partial charge in [-0.15, -0.1) is 0 Å². The molecule has 0 saturated heterocycles. The highest BCUT2D eigenvalue weighted by atomic mass is 35.5. The Morgan fingerprint density at radius 3 is 2.57 bits per heavy atom. The Morgan fingerprint density at radius 2 is 1.86 bits per heavy atom. The van der Waals surface area contributed by atoms with Crippen molar-refractivity contribution in [2.75, 3.05) is 0 Å². The monoisotopic (exact) mass is 308 g/mol. The van der Waals surface area contributed by atoms with Crippen molar-refractivity contribution < 1.29 is 8.78 Å². The minimum absolute atomic E-state index is 0.215. The molecule has 1 aromatic heterocycles. The fraction of sp³-hybridized carbons (Fsp3) is 0.375. The van der Waals surface area contributed by atoms with Gasteiger partial charge in [0.25, 0.3) is 0 Å². The number of halogens is 3. The second-order valence-electron chi connectivity index (χ2n) is 5.43. The third-order valence-electron chi connectivity index (χ3n) is 3.90. The quantitative estimate of drug-likeness (QED) is 0.771. The van der Waals surface area contributed by atoms with Gasteiger partial charge < -0.3 is 0 Å². The number of nitrogens with zero attached hydrogens (tertiary/aromatic N) is 2. The van der Waals surface area contributed by atoms with Gasteiger partial charge in [-0.2, -0.15) is 0 Å². The summed E-state index contributed by atoms with van der Waals surface area (Å²) in [4.78, 5) is 8.68. The summed E-state index contributed by atoms with van der Waals surface area (Å²) in [5, 5.41) is 0.379. The highest BCUT2D eigenvalue weighted by Crippen LogP contribution is 2.33. The lowest BCUT2D eigenvalue weighted by Gasteiger charge is -2.11. The van der Waals surface area contributed by atoms with E-state index in [0.717, 1.165) is 24.6 Å². The smallest absolute Gasteiger partial charge is 0.134 e. The number of aromatic nitrogens is 2. The third-order valence-corrected chi connectivity index (χ3v) is 4.09. The summed E-state index contributed by atoms with van der Waals surface area (Å²) in [6, 6.07) is 5.32. The molecule has 0 spiro atoms. The maximum Gasteiger partial charge on any atom is 0.134 e. The summed E-state index contributed by atoms with van der Waals surface area (Å²) in [6.07, 6.45) is 4.84. The molecule has 0 atom stereocenters. The lowest BCUT2D eigenvalue weighted by molar-refractivity contribution is 0.573. The first-order chi connectivity index (χ1) is 10.1. The SMILES string of the molecule is Fc1ccc(Cc2nc(Cl)cc(C3CCCC3)n2)c(F)c1. The van der Waals surface area contributed by atoms with Crippen LogP contribution in [0.4, 0.5) is 8.78 Å². The van der Waals surface area contributed by atoms with Gasteiger partial charge in [0.1, 0.15) is 22.6 Å². The maximum atomic E-state index is 13.7. The Kier molecular flexibility index (Phi) is 4.15. The lowest BCUT2D eigenvalue weighted by atomic mass is 10.0. The molecular weight excluding hydrogens is 294 g/mol. The number of rotatable bonds is 3. The van der Waals surface area contributed by atoms with E-state index in [9.17, 15) is 8.78 Å². The van der Waals surface area contributed by atoms with Gasteiger partial charge in [0.15, 0.2) is 0 Å². The van der Waals surface area contributed by atoms with Gasteiger partial charge in [-0.3, -0.25) is 0 Å². The summed E-state index contributed by atoms with van der Waals surface area (Å²) < 4.78 is 26.6. The van der Waals surface area contributed by atoms with Crippen molar-refractivity contribution >= 4 is 11.6 Å². The molecule has 0 radical (unpaired) electrons. The number of hydrogen-bond acceptors (Lipinski definition) is 2. The molecule has 1 aromatic carbocycles. The first kappa shape index (κ1) is 14.4. The zero-order valence-electron chi connectivity index (χ0n) is 11.5. The molecule has 1 aliphatic rings. The number of hydrogen-bond donors (Lipinski definition) is 0. The average molecular weight is 309 g/mol. The molecule has 1 aliphatic carbocycles. The van der Waals surface area contributed by atoms with Crippen LogP contribution in [0.1, 0.15) is 48.7 Å². The fourth-order valence-electron chi connectivity index (χ4n) is 2.83. The van der Waals surface area contributed by atoms with Crippen molar-refractivity contribution in [3.63, 3.8) is 0 Å². The van der Waals surface area contributed by atoms with E-state index in [1.807, 2.05) is 0 Å². The zero-order chi connectivity index (χ0) is 14.8. The Bertz CT molecular complexity index is 655. The molecule has 0 aliphatic heterocycles. The van der Waals surface area contributed by atoms with Crippen LogP contribution in [-0.2, 0) is 6.42 Å². The molecule has 3 rings (SSSR count).